The Morgan fingerprint density at radius 1 is 0.765 bits per heavy atom. The SMILES string of the molecule is COC(=O)C1=C(C(=O)OC)N(c2cc(Sc3ccccc3)cc(Sc3ccccc3)c2)COC1. The third-order valence-electron chi connectivity index (χ3n) is 4.97. The second-order valence-electron chi connectivity index (χ2n) is 7.21. The van der Waals surface area contributed by atoms with Crippen LogP contribution in [0, 0.1) is 0 Å². The highest BCUT2D eigenvalue weighted by Gasteiger charge is 2.32. The Morgan fingerprint density at radius 3 is 1.79 bits per heavy atom. The predicted molar refractivity (Wildman–Crippen MR) is 132 cm³/mol. The summed E-state index contributed by atoms with van der Waals surface area (Å²) >= 11 is 3.23. The van der Waals surface area contributed by atoms with Crippen LogP contribution < -0.4 is 4.90 Å². The molecular formula is C26H23NO5S2. The van der Waals surface area contributed by atoms with E-state index in [2.05, 4.69) is 6.07 Å². The molecule has 1 aliphatic rings. The van der Waals surface area contributed by atoms with Crippen molar-refractivity contribution in [2.75, 3.05) is 32.5 Å². The first-order chi connectivity index (χ1) is 16.6. The van der Waals surface area contributed by atoms with Crippen LogP contribution in [0.5, 0.6) is 0 Å². The lowest BCUT2D eigenvalue weighted by Crippen LogP contribution is -2.38. The zero-order valence-corrected chi connectivity index (χ0v) is 20.4. The van der Waals surface area contributed by atoms with E-state index in [-0.39, 0.29) is 24.6 Å². The Kier molecular flexibility index (Phi) is 7.95. The van der Waals surface area contributed by atoms with Gasteiger partial charge < -0.3 is 19.1 Å². The van der Waals surface area contributed by atoms with Gasteiger partial charge >= 0.3 is 11.9 Å². The number of carbonyl (C=O) groups excluding carboxylic acids is 2. The number of rotatable bonds is 7. The van der Waals surface area contributed by atoms with Gasteiger partial charge in [0.1, 0.15) is 12.4 Å². The first-order valence-electron chi connectivity index (χ1n) is 10.4. The van der Waals surface area contributed by atoms with Crippen molar-refractivity contribution in [2.24, 2.45) is 0 Å². The summed E-state index contributed by atoms with van der Waals surface area (Å²) < 4.78 is 15.5. The van der Waals surface area contributed by atoms with Crippen molar-refractivity contribution in [3.05, 3.63) is 90.1 Å². The molecule has 174 valence electrons. The molecule has 1 aliphatic heterocycles. The number of nitrogens with zero attached hydrogens (tertiary/aromatic N) is 1. The van der Waals surface area contributed by atoms with Gasteiger partial charge in [-0.2, -0.15) is 0 Å². The summed E-state index contributed by atoms with van der Waals surface area (Å²) in [5, 5.41) is 0. The van der Waals surface area contributed by atoms with E-state index < -0.39 is 11.9 Å². The fraction of sp³-hybridized carbons (Fsp3) is 0.154. The maximum Gasteiger partial charge on any atom is 0.355 e. The van der Waals surface area contributed by atoms with E-state index in [1.165, 1.54) is 14.2 Å². The number of methoxy groups -OCH3 is 2. The topological polar surface area (TPSA) is 65.1 Å². The molecule has 0 unspecified atom stereocenters. The molecule has 0 atom stereocenters. The second kappa shape index (κ2) is 11.3. The number of ether oxygens (including phenoxy) is 3. The monoisotopic (exact) mass is 493 g/mol. The number of hydrogen-bond acceptors (Lipinski definition) is 8. The van der Waals surface area contributed by atoms with Crippen molar-refractivity contribution in [1.29, 1.82) is 0 Å². The van der Waals surface area contributed by atoms with Crippen molar-refractivity contribution in [3.8, 4) is 0 Å². The minimum Gasteiger partial charge on any atom is -0.466 e. The van der Waals surface area contributed by atoms with Crippen LogP contribution in [0.25, 0.3) is 0 Å². The van der Waals surface area contributed by atoms with Crippen LogP contribution in [0.2, 0.25) is 0 Å². The van der Waals surface area contributed by atoms with Gasteiger partial charge in [0.25, 0.3) is 0 Å². The van der Waals surface area contributed by atoms with Gasteiger partial charge in [-0.05, 0) is 42.5 Å². The van der Waals surface area contributed by atoms with E-state index in [1.54, 1.807) is 28.4 Å². The summed E-state index contributed by atoms with van der Waals surface area (Å²) in [5.74, 6) is -1.25. The lowest BCUT2D eigenvalue weighted by molar-refractivity contribution is -0.140. The Labute approximate surface area is 206 Å². The van der Waals surface area contributed by atoms with Gasteiger partial charge in [-0.1, -0.05) is 59.9 Å². The Hall–Kier alpha value is -3.20. The summed E-state index contributed by atoms with van der Waals surface area (Å²) in [4.78, 5) is 30.9. The third-order valence-corrected chi connectivity index (χ3v) is 6.93. The molecular weight excluding hydrogens is 470 g/mol. The molecule has 0 amide bonds. The van der Waals surface area contributed by atoms with Crippen LogP contribution in [0.1, 0.15) is 0 Å². The summed E-state index contributed by atoms with van der Waals surface area (Å²) in [6, 6.07) is 26.1. The summed E-state index contributed by atoms with van der Waals surface area (Å²) in [6.07, 6.45) is 0. The molecule has 0 radical (unpaired) electrons. The average molecular weight is 494 g/mol. The van der Waals surface area contributed by atoms with Crippen LogP contribution in [0.15, 0.2) is 110 Å². The molecule has 3 aromatic carbocycles. The first-order valence-corrected chi connectivity index (χ1v) is 12.1. The Morgan fingerprint density at radius 2 is 1.29 bits per heavy atom. The third kappa shape index (κ3) is 5.64. The molecule has 4 rings (SSSR count). The van der Waals surface area contributed by atoms with E-state index in [0.717, 1.165) is 19.6 Å². The van der Waals surface area contributed by atoms with Crippen molar-refractivity contribution < 1.29 is 23.8 Å². The summed E-state index contributed by atoms with van der Waals surface area (Å²) in [6.45, 7) is 0.0670. The molecule has 34 heavy (non-hydrogen) atoms. The van der Waals surface area contributed by atoms with Gasteiger partial charge in [-0.15, -0.1) is 0 Å². The highest BCUT2D eigenvalue weighted by Crippen LogP contribution is 2.39. The molecule has 0 aliphatic carbocycles. The molecule has 0 N–H and O–H groups in total. The largest absolute Gasteiger partial charge is 0.466 e. The summed E-state index contributed by atoms with van der Waals surface area (Å²) in [5.41, 5.74) is 0.956. The maximum atomic E-state index is 12.7. The van der Waals surface area contributed by atoms with Gasteiger partial charge in [-0.3, -0.25) is 0 Å². The second-order valence-corrected chi connectivity index (χ2v) is 9.50. The zero-order chi connectivity index (χ0) is 23.9. The highest BCUT2D eigenvalue weighted by atomic mass is 32.2. The molecule has 0 spiro atoms. The van der Waals surface area contributed by atoms with E-state index in [4.69, 9.17) is 14.2 Å². The lowest BCUT2D eigenvalue weighted by Gasteiger charge is -2.31. The molecule has 0 bridgehead atoms. The molecule has 6 nitrogen and oxygen atoms in total. The van der Waals surface area contributed by atoms with Crippen LogP contribution in [0.3, 0.4) is 0 Å². The Balaban J connectivity index is 1.79. The normalized spacial score (nSPS) is 13.5. The molecule has 8 heteroatoms. The number of benzene rings is 3. The van der Waals surface area contributed by atoms with Gasteiger partial charge in [0, 0.05) is 25.3 Å². The molecule has 0 saturated heterocycles. The minimum absolute atomic E-state index is 0.0301. The first kappa shape index (κ1) is 23.9. The van der Waals surface area contributed by atoms with Crippen LogP contribution in [0.4, 0.5) is 5.69 Å². The number of carbonyl (C=O) groups is 2. The van der Waals surface area contributed by atoms with Crippen molar-refractivity contribution in [1.82, 2.24) is 0 Å². The van der Waals surface area contributed by atoms with Gasteiger partial charge in [-0.25, -0.2) is 9.59 Å². The number of anilines is 1. The maximum absolute atomic E-state index is 12.7. The smallest absolute Gasteiger partial charge is 0.355 e. The zero-order valence-electron chi connectivity index (χ0n) is 18.7. The highest BCUT2D eigenvalue weighted by molar-refractivity contribution is 8.00. The standard InChI is InChI=1S/C26H23NO5S2/c1-30-25(28)23-16-32-17-27(24(23)26(29)31-2)18-13-21(33-19-9-5-3-6-10-19)15-22(14-18)34-20-11-7-4-8-12-20/h3-15H,16-17H2,1-2H3. The Bertz CT molecular complexity index is 1140. The fourth-order valence-electron chi connectivity index (χ4n) is 3.43. The molecule has 0 saturated carbocycles. The summed E-state index contributed by atoms with van der Waals surface area (Å²) in [7, 11) is 2.56. The number of hydrogen-bond donors (Lipinski definition) is 0. The lowest BCUT2D eigenvalue weighted by atomic mass is 10.1. The van der Waals surface area contributed by atoms with Crippen LogP contribution in [-0.4, -0.2) is 39.5 Å². The fourth-order valence-corrected chi connectivity index (χ4v) is 5.36. The number of esters is 2. The average Bonchev–Trinajstić information content (AvgIpc) is 2.88. The van der Waals surface area contributed by atoms with E-state index in [0.29, 0.717) is 5.69 Å². The van der Waals surface area contributed by atoms with Crippen LogP contribution in [-0.2, 0) is 23.8 Å². The van der Waals surface area contributed by atoms with Crippen molar-refractivity contribution >= 4 is 41.1 Å². The predicted octanol–water partition coefficient (Wildman–Crippen LogP) is 5.38. The molecule has 3 aromatic rings. The van der Waals surface area contributed by atoms with Crippen molar-refractivity contribution in [3.63, 3.8) is 0 Å². The molecule has 0 fully saturated rings. The van der Waals surface area contributed by atoms with Crippen LogP contribution >= 0.6 is 23.5 Å². The minimum atomic E-state index is -0.626. The molecule has 0 aromatic heterocycles. The van der Waals surface area contributed by atoms with Crippen molar-refractivity contribution in [2.45, 2.75) is 19.6 Å². The van der Waals surface area contributed by atoms with E-state index >= 15 is 0 Å². The van der Waals surface area contributed by atoms with E-state index in [1.807, 2.05) is 72.8 Å². The van der Waals surface area contributed by atoms with E-state index in [9.17, 15) is 9.59 Å². The van der Waals surface area contributed by atoms with Gasteiger partial charge in [0.15, 0.2) is 0 Å². The van der Waals surface area contributed by atoms with Gasteiger partial charge in [0.05, 0.1) is 26.4 Å². The van der Waals surface area contributed by atoms with Gasteiger partial charge in [0.2, 0.25) is 0 Å². The quantitative estimate of drug-likeness (QED) is 0.406. The molecule has 1 heterocycles.